The zero-order chi connectivity index (χ0) is 12.8. The van der Waals surface area contributed by atoms with Crippen molar-refractivity contribution in [1.29, 1.82) is 0 Å². The van der Waals surface area contributed by atoms with Gasteiger partial charge in [0.05, 0.1) is 12.4 Å². The van der Waals surface area contributed by atoms with Crippen LogP contribution in [0.2, 0.25) is 0 Å². The summed E-state index contributed by atoms with van der Waals surface area (Å²) >= 11 is 0. The highest BCUT2D eigenvalue weighted by Crippen LogP contribution is 2.40. The molecule has 0 bridgehead atoms. The fraction of sp³-hybridized carbons (Fsp3) is 0.833. The van der Waals surface area contributed by atoms with Gasteiger partial charge in [0.15, 0.2) is 0 Å². The van der Waals surface area contributed by atoms with E-state index in [0.717, 1.165) is 0 Å². The van der Waals surface area contributed by atoms with E-state index in [2.05, 4.69) is 6.58 Å². The molecule has 0 aromatic rings. The van der Waals surface area contributed by atoms with E-state index in [1.54, 1.807) is 0 Å². The Kier molecular flexibility index (Phi) is 3.07. The zero-order valence-electron chi connectivity index (χ0n) is 10.3. The molecule has 102 valence electrons. The Balaban J connectivity index is 1.83. The lowest BCUT2D eigenvalue weighted by molar-refractivity contribution is -0.329. The van der Waals surface area contributed by atoms with E-state index >= 15 is 0 Å². The van der Waals surface area contributed by atoms with Crippen molar-refractivity contribution in [3.8, 4) is 0 Å². The number of hydrogen-bond donors (Lipinski definition) is 1. The summed E-state index contributed by atoms with van der Waals surface area (Å²) < 4.78 is 27.1. The van der Waals surface area contributed by atoms with Crippen molar-refractivity contribution >= 4 is 0 Å². The molecule has 3 aliphatic rings. The summed E-state index contributed by atoms with van der Waals surface area (Å²) in [6, 6.07) is 0. The molecule has 0 amide bonds. The number of aliphatic hydroxyl groups is 1. The molecule has 18 heavy (non-hydrogen) atoms. The van der Waals surface area contributed by atoms with Crippen LogP contribution >= 0.6 is 0 Å². The molecule has 5 atom stereocenters. The maximum atomic E-state index is 10.8. The summed E-state index contributed by atoms with van der Waals surface area (Å²) in [5.41, 5.74) is -1.12. The number of rotatable bonds is 1. The predicted molar refractivity (Wildman–Crippen MR) is 59.5 cm³/mol. The topological polar surface area (TPSA) is 66.4 Å². The fourth-order valence-corrected chi connectivity index (χ4v) is 2.71. The van der Waals surface area contributed by atoms with Gasteiger partial charge in [-0.1, -0.05) is 13.5 Å². The van der Waals surface area contributed by atoms with Crippen molar-refractivity contribution < 1.29 is 28.8 Å². The third kappa shape index (κ3) is 1.76. The predicted octanol–water partition coefficient (Wildman–Crippen LogP) is 0.0119. The smallest absolute Gasteiger partial charge is 0.148 e. The van der Waals surface area contributed by atoms with Crippen LogP contribution in [0.15, 0.2) is 12.3 Å². The Bertz CT molecular complexity index is 343. The third-order valence-electron chi connectivity index (χ3n) is 4.03. The Morgan fingerprint density at radius 2 is 2.11 bits per heavy atom. The van der Waals surface area contributed by atoms with Crippen LogP contribution in [0.25, 0.3) is 0 Å². The van der Waals surface area contributed by atoms with Crippen LogP contribution in [0, 0.1) is 5.92 Å². The quantitative estimate of drug-likeness (QED) is 0.715. The van der Waals surface area contributed by atoms with E-state index in [1.165, 1.54) is 0 Å². The van der Waals surface area contributed by atoms with Crippen LogP contribution in [0.5, 0.6) is 0 Å². The SMILES string of the molecule is C=C1OCC(O)(C2OCOC3COCOC32)C1C. The summed E-state index contributed by atoms with van der Waals surface area (Å²) in [5.74, 6) is 0.379. The van der Waals surface area contributed by atoms with Gasteiger partial charge >= 0.3 is 0 Å². The van der Waals surface area contributed by atoms with E-state index in [0.29, 0.717) is 12.4 Å². The molecule has 5 unspecified atom stereocenters. The summed E-state index contributed by atoms with van der Waals surface area (Å²) in [5, 5.41) is 10.8. The third-order valence-corrected chi connectivity index (χ3v) is 4.03. The molecule has 0 aromatic heterocycles. The lowest BCUT2D eigenvalue weighted by atomic mass is 9.81. The summed E-state index contributed by atoms with van der Waals surface area (Å²) in [6.07, 6.45) is -1.04. The average molecular weight is 258 g/mol. The molecule has 3 heterocycles. The van der Waals surface area contributed by atoms with Gasteiger partial charge in [0.2, 0.25) is 0 Å². The van der Waals surface area contributed by atoms with Gasteiger partial charge in [-0.05, 0) is 0 Å². The number of hydrogen-bond acceptors (Lipinski definition) is 6. The minimum absolute atomic E-state index is 0.125. The van der Waals surface area contributed by atoms with Crippen molar-refractivity contribution in [2.24, 2.45) is 5.92 Å². The Morgan fingerprint density at radius 3 is 2.83 bits per heavy atom. The molecule has 0 spiro atoms. The second kappa shape index (κ2) is 4.47. The molecule has 6 nitrogen and oxygen atoms in total. The van der Waals surface area contributed by atoms with E-state index in [-0.39, 0.29) is 38.3 Å². The maximum Gasteiger partial charge on any atom is 0.148 e. The van der Waals surface area contributed by atoms with Crippen molar-refractivity contribution in [2.45, 2.75) is 30.8 Å². The van der Waals surface area contributed by atoms with Crippen molar-refractivity contribution in [1.82, 2.24) is 0 Å². The van der Waals surface area contributed by atoms with Crippen LogP contribution in [-0.4, -0.2) is 55.8 Å². The van der Waals surface area contributed by atoms with Crippen LogP contribution in [0.1, 0.15) is 6.92 Å². The Labute approximate surface area is 105 Å². The van der Waals surface area contributed by atoms with Gasteiger partial charge in [0, 0.05) is 5.92 Å². The van der Waals surface area contributed by atoms with Crippen LogP contribution < -0.4 is 0 Å². The van der Waals surface area contributed by atoms with E-state index in [9.17, 15) is 5.11 Å². The van der Waals surface area contributed by atoms with Gasteiger partial charge in [-0.3, -0.25) is 0 Å². The second-order valence-corrected chi connectivity index (χ2v) is 5.00. The molecule has 3 aliphatic heterocycles. The minimum atomic E-state index is -1.12. The molecule has 0 aromatic carbocycles. The molecule has 3 rings (SSSR count). The van der Waals surface area contributed by atoms with Gasteiger partial charge in [0.25, 0.3) is 0 Å². The monoisotopic (exact) mass is 258 g/mol. The number of ether oxygens (including phenoxy) is 5. The molecule has 6 heteroatoms. The van der Waals surface area contributed by atoms with Crippen molar-refractivity contribution in [3.05, 3.63) is 12.3 Å². The van der Waals surface area contributed by atoms with Crippen LogP contribution in [-0.2, 0) is 23.7 Å². The average Bonchev–Trinajstić information content (AvgIpc) is 2.67. The largest absolute Gasteiger partial charge is 0.495 e. The molecule has 1 N–H and O–H groups in total. The summed E-state index contributed by atoms with van der Waals surface area (Å²) in [7, 11) is 0. The minimum Gasteiger partial charge on any atom is -0.495 e. The summed E-state index contributed by atoms with van der Waals surface area (Å²) in [6.45, 7) is 6.62. The fourth-order valence-electron chi connectivity index (χ4n) is 2.71. The van der Waals surface area contributed by atoms with Gasteiger partial charge in [0.1, 0.15) is 44.1 Å². The molecule has 0 saturated carbocycles. The molecule has 3 saturated heterocycles. The first-order valence-corrected chi connectivity index (χ1v) is 6.09. The number of fused-ring (bicyclic) bond motifs is 1. The molecular weight excluding hydrogens is 240 g/mol. The highest BCUT2D eigenvalue weighted by Gasteiger charge is 2.56. The second-order valence-electron chi connectivity index (χ2n) is 5.00. The van der Waals surface area contributed by atoms with Gasteiger partial charge < -0.3 is 28.8 Å². The first kappa shape index (κ1) is 12.4. The van der Waals surface area contributed by atoms with E-state index < -0.39 is 11.7 Å². The zero-order valence-corrected chi connectivity index (χ0v) is 10.3. The maximum absolute atomic E-state index is 10.8. The van der Waals surface area contributed by atoms with Crippen molar-refractivity contribution in [2.75, 3.05) is 26.8 Å². The first-order chi connectivity index (χ1) is 8.63. The summed E-state index contributed by atoms with van der Waals surface area (Å²) in [4.78, 5) is 0. The van der Waals surface area contributed by atoms with Gasteiger partial charge in [-0.25, -0.2) is 0 Å². The van der Waals surface area contributed by atoms with Gasteiger partial charge in [-0.15, -0.1) is 0 Å². The Hall–Kier alpha value is -0.660. The first-order valence-electron chi connectivity index (χ1n) is 6.09. The highest BCUT2D eigenvalue weighted by atomic mass is 16.8. The van der Waals surface area contributed by atoms with Crippen molar-refractivity contribution in [3.63, 3.8) is 0 Å². The highest BCUT2D eigenvalue weighted by molar-refractivity contribution is 5.12. The van der Waals surface area contributed by atoms with Gasteiger partial charge in [-0.2, -0.15) is 0 Å². The van der Waals surface area contributed by atoms with E-state index in [4.69, 9.17) is 23.7 Å². The normalized spacial score (nSPS) is 48.7. The molecule has 0 aliphatic carbocycles. The Morgan fingerprint density at radius 1 is 1.28 bits per heavy atom. The molecular formula is C12H18O6. The standard InChI is InChI=1S/C12H18O6/c1-7-8(2)15-4-12(7,13)11-10-9(16-6-18-11)3-14-5-17-10/h7,9-11,13H,2-6H2,1H3. The lowest BCUT2D eigenvalue weighted by Crippen LogP contribution is -2.63. The van der Waals surface area contributed by atoms with Crippen LogP contribution in [0.4, 0.5) is 0 Å². The lowest BCUT2D eigenvalue weighted by Gasteiger charge is -2.45. The molecule has 0 radical (unpaired) electrons. The van der Waals surface area contributed by atoms with Crippen LogP contribution in [0.3, 0.4) is 0 Å². The van der Waals surface area contributed by atoms with E-state index in [1.807, 2.05) is 6.92 Å². The molecule has 3 fully saturated rings.